The van der Waals surface area contributed by atoms with Crippen LogP contribution >= 0.6 is 0 Å². The predicted octanol–water partition coefficient (Wildman–Crippen LogP) is 1.50. The highest BCUT2D eigenvalue weighted by Crippen LogP contribution is 2.25. The van der Waals surface area contributed by atoms with E-state index in [0.29, 0.717) is 26.2 Å². The van der Waals surface area contributed by atoms with E-state index in [1.54, 1.807) is 9.80 Å². The predicted molar refractivity (Wildman–Crippen MR) is 90.0 cm³/mol. The number of rotatable bonds is 5. The molecule has 0 aliphatic carbocycles. The molecule has 128 valence electrons. The van der Waals surface area contributed by atoms with Crippen molar-refractivity contribution in [3.8, 4) is 0 Å². The first-order valence-electron chi connectivity index (χ1n) is 7.90. The summed E-state index contributed by atoms with van der Waals surface area (Å²) in [5.74, 6) is -0.0551. The Kier molecular flexibility index (Phi) is 4.71. The summed E-state index contributed by atoms with van der Waals surface area (Å²) in [4.78, 5) is 27.2. The Morgan fingerprint density at radius 2 is 1.92 bits per heavy atom. The Morgan fingerprint density at radius 3 is 2.54 bits per heavy atom. The number of allylic oxidation sites excluding steroid dienone is 1. The fourth-order valence-electron chi connectivity index (χ4n) is 2.73. The molecule has 1 aromatic rings. The molecule has 2 saturated heterocycles. The standard InChI is InChI=1S/C17H21N3O4/c1-12(2)18-9-15-10-20(17(22)24-15)14-5-3-13(4-6-14)19-7-8-23-11-16(19)21/h3-6,15,18H,1,7-11H2,2H3. The van der Waals surface area contributed by atoms with Crippen molar-refractivity contribution in [2.45, 2.75) is 13.0 Å². The zero-order valence-corrected chi connectivity index (χ0v) is 13.7. The number of nitrogens with zero attached hydrogens (tertiary/aromatic N) is 2. The summed E-state index contributed by atoms with van der Waals surface area (Å²) >= 11 is 0. The molecule has 24 heavy (non-hydrogen) atoms. The normalized spacial score (nSPS) is 21.0. The number of carbonyl (C=O) groups is 2. The van der Waals surface area contributed by atoms with Crippen LogP contribution in [-0.4, -0.2) is 51.0 Å². The van der Waals surface area contributed by atoms with Crippen molar-refractivity contribution in [3.63, 3.8) is 0 Å². The van der Waals surface area contributed by atoms with E-state index < -0.39 is 0 Å². The molecule has 0 saturated carbocycles. The Hall–Kier alpha value is -2.54. The van der Waals surface area contributed by atoms with Crippen molar-refractivity contribution in [1.82, 2.24) is 5.32 Å². The van der Waals surface area contributed by atoms with Gasteiger partial charge in [0.1, 0.15) is 12.7 Å². The number of carbonyl (C=O) groups excluding carboxylic acids is 2. The Labute approximate surface area is 140 Å². The third kappa shape index (κ3) is 3.51. The van der Waals surface area contributed by atoms with Crippen LogP contribution in [0.4, 0.5) is 16.2 Å². The molecule has 1 atom stereocenters. The lowest BCUT2D eigenvalue weighted by atomic mass is 10.2. The van der Waals surface area contributed by atoms with Crippen LogP contribution in [0.2, 0.25) is 0 Å². The lowest BCUT2D eigenvalue weighted by molar-refractivity contribution is -0.125. The minimum absolute atomic E-state index is 0.0551. The Morgan fingerprint density at radius 1 is 1.25 bits per heavy atom. The first kappa shape index (κ1) is 16.3. The summed E-state index contributed by atoms with van der Waals surface area (Å²) in [5, 5.41) is 3.08. The number of nitrogens with one attached hydrogen (secondary N) is 1. The highest BCUT2D eigenvalue weighted by atomic mass is 16.6. The maximum absolute atomic E-state index is 12.0. The van der Waals surface area contributed by atoms with Crippen LogP contribution < -0.4 is 15.1 Å². The third-order valence-electron chi connectivity index (χ3n) is 3.96. The van der Waals surface area contributed by atoms with Gasteiger partial charge in [0.15, 0.2) is 0 Å². The number of cyclic esters (lactones) is 1. The zero-order chi connectivity index (χ0) is 17.1. The van der Waals surface area contributed by atoms with Crippen molar-refractivity contribution in [2.24, 2.45) is 0 Å². The van der Waals surface area contributed by atoms with Crippen molar-refractivity contribution >= 4 is 23.4 Å². The fraction of sp³-hybridized carbons (Fsp3) is 0.412. The van der Waals surface area contributed by atoms with Gasteiger partial charge in [0.05, 0.1) is 19.7 Å². The Bertz CT molecular complexity index is 644. The summed E-state index contributed by atoms with van der Waals surface area (Å²) in [6, 6.07) is 7.33. The van der Waals surface area contributed by atoms with Crippen molar-refractivity contribution in [3.05, 3.63) is 36.5 Å². The smallest absolute Gasteiger partial charge is 0.414 e. The number of anilines is 2. The quantitative estimate of drug-likeness (QED) is 0.885. The molecular weight excluding hydrogens is 310 g/mol. The van der Waals surface area contributed by atoms with Crippen LogP contribution in [0, 0.1) is 0 Å². The molecule has 1 aromatic carbocycles. The molecule has 1 unspecified atom stereocenters. The van der Waals surface area contributed by atoms with Gasteiger partial charge in [0, 0.05) is 23.6 Å². The average Bonchev–Trinajstić information content (AvgIpc) is 2.94. The molecule has 0 radical (unpaired) electrons. The lowest BCUT2D eigenvalue weighted by Gasteiger charge is -2.27. The van der Waals surface area contributed by atoms with Crippen LogP contribution in [0.15, 0.2) is 36.5 Å². The number of ether oxygens (including phenoxy) is 2. The molecule has 2 amide bonds. The molecule has 0 bridgehead atoms. The molecule has 2 fully saturated rings. The summed E-state index contributed by atoms with van der Waals surface area (Å²) in [7, 11) is 0. The van der Waals surface area contributed by atoms with Gasteiger partial charge in [-0.2, -0.15) is 0 Å². The molecule has 7 nitrogen and oxygen atoms in total. The number of benzene rings is 1. The molecule has 0 spiro atoms. The number of hydrogen-bond acceptors (Lipinski definition) is 5. The van der Waals surface area contributed by atoms with Crippen molar-refractivity contribution in [1.29, 1.82) is 0 Å². The summed E-state index contributed by atoms with van der Waals surface area (Å²) in [5.41, 5.74) is 2.39. The van der Waals surface area contributed by atoms with Gasteiger partial charge in [-0.15, -0.1) is 0 Å². The zero-order valence-electron chi connectivity index (χ0n) is 13.7. The monoisotopic (exact) mass is 331 g/mol. The minimum atomic E-state index is -0.362. The van der Waals surface area contributed by atoms with E-state index in [4.69, 9.17) is 9.47 Å². The molecule has 2 heterocycles. The molecule has 7 heteroatoms. The van der Waals surface area contributed by atoms with E-state index in [-0.39, 0.29) is 24.7 Å². The van der Waals surface area contributed by atoms with E-state index in [2.05, 4.69) is 11.9 Å². The van der Waals surface area contributed by atoms with E-state index in [0.717, 1.165) is 17.1 Å². The van der Waals surface area contributed by atoms with Gasteiger partial charge in [-0.3, -0.25) is 9.69 Å². The maximum atomic E-state index is 12.0. The van der Waals surface area contributed by atoms with Gasteiger partial charge in [0.25, 0.3) is 5.91 Å². The topological polar surface area (TPSA) is 71.1 Å². The first-order chi connectivity index (χ1) is 11.5. The maximum Gasteiger partial charge on any atom is 0.414 e. The summed E-state index contributed by atoms with van der Waals surface area (Å²) in [6.07, 6.45) is -0.576. The van der Waals surface area contributed by atoms with E-state index >= 15 is 0 Å². The van der Waals surface area contributed by atoms with Gasteiger partial charge in [-0.05, 0) is 31.2 Å². The summed E-state index contributed by atoms with van der Waals surface area (Å²) in [6.45, 7) is 7.83. The highest BCUT2D eigenvalue weighted by molar-refractivity contribution is 5.95. The van der Waals surface area contributed by atoms with Crippen molar-refractivity contribution < 1.29 is 19.1 Å². The number of morpholine rings is 1. The summed E-state index contributed by atoms with van der Waals surface area (Å²) < 4.78 is 10.5. The first-order valence-corrected chi connectivity index (χ1v) is 7.90. The Balaban J connectivity index is 1.66. The van der Waals surface area contributed by atoms with Gasteiger partial charge in [-0.1, -0.05) is 6.58 Å². The minimum Gasteiger partial charge on any atom is -0.442 e. The van der Waals surface area contributed by atoms with Crippen LogP contribution in [0.5, 0.6) is 0 Å². The van der Waals surface area contributed by atoms with Gasteiger partial charge < -0.3 is 19.7 Å². The SMILES string of the molecule is C=C(C)NCC1CN(c2ccc(N3CCOCC3=O)cc2)C(=O)O1. The molecular formula is C17H21N3O4. The highest BCUT2D eigenvalue weighted by Gasteiger charge is 2.32. The molecule has 3 rings (SSSR count). The molecule has 1 N–H and O–H groups in total. The number of amides is 2. The molecule has 2 aliphatic rings. The van der Waals surface area contributed by atoms with Crippen molar-refractivity contribution in [2.75, 3.05) is 42.6 Å². The average molecular weight is 331 g/mol. The largest absolute Gasteiger partial charge is 0.442 e. The van der Waals surface area contributed by atoms with Crippen LogP contribution in [0.25, 0.3) is 0 Å². The van der Waals surface area contributed by atoms with Gasteiger partial charge in [0.2, 0.25) is 0 Å². The second-order valence-corrected chi connectivity index (χ2v) is 5.89. The fourth-order valence-corrected chi connectivity index (χ4v) is 2.73. The lowest BCUT2D eigenvalue weighted by Crippen LogP contribution is -2.41. The van der Waals surface area contributed by atoms with E-state index in [9.17, 15) is 9.59 Å². The second-order valence-electron chi connectivity index (χ2n) is 5.89. The third-order valence-corrected chi connectivity index (χ3v) is 3.96. The van der Waals surface area contributed by atoms with Crippen LogP contribution in [0.3, 0.4) is 0 Å². The molecule has 2 aliphatic heterocycles. The second kappa shape index (κ2) is 6.92. The van der Waals surface area contributed by atoms with E-state index in [1.807, 2.05) is 31.2 Å². The van der Waals surface area contributed by atoms with Gasteiger partial charge in [-0.25, -0.2) is 4.79 Å². The molecule has 0 aromatic heterocycles. The van der Waals surface area contributed by atoms with E-state index in [1.165, 1.54) is 0 Å². The van der Waals surface area contributed by atoms with Crippen LogP contribution in [-0.2, 0) is 14.3 Å². The number of hydrogen-bond donors (Lipinski definition) is 1. The van der Waals surface area contributed by atoms with Gasteiger partial charge >= 0.3 is 6.09 Å². The van der Waals surface area contributed by atoms with Crippen LogP contribution in [0.1, 0.15) is 6.92 Å².